The minimum atomic E-state index is -0.654. The lowest BCUT2D eigenvalue weighted by Crippen LogP contribution is -2.34. The van der Waals surface area contributed by atoms with Crippen molar-refractivity contribution in [3.8, 4) is 5.75 Å². The van der Waals surface area contributed by atoms with E-state index in [0.29, 0.717) is 29.2 Å². The molecule has 0 aliphatic carbocycles. The van der Waals surface area contributed by atoms with Gasteiger partial charge < -0.3 is 20.7 Å². The topological polar surface area (TPSA) is 79.5 Å². The molecule has 1 aliphatic rings. The maximum atomic E-state index is 12.9. The van der Waals surface area contributed by atoms with Gasteiger partial charge in [0.15, 0.2) is 0 Å². The number of nitrogens with one attached hydrogen (secondary N) is 3. The van der Waals surface area contributed by atoms with Crippen LogP contribution < -0.4 is 20.7 Å². The van der Waals surface area contributed by atoms with Gasteiger partial charge in [0, 0.05) is 24.2 Å². The van der Waals surface area contributed by atoms with Gasteiger partial charge in [-0.15, -0.1) is 0 Å². The molecule has 31 heavy (non-hydrogen) atoms. The van der Waals surface area contributed by atoms with Crippen molar-refractivity contribution in [1.29, 1.82) is 0 Å². The van der Waals surface area contributed by atoms with E-state index in [1.54, 1.807) is 0 Å². The van der Waals surface area contributed by atoms with Gasteiger partial charge in [-0.2, -0.15) is 0 Å². The van der Waals surface area contributed by atoms with Crippen molar-refractivity contribution in [2.75, 3.05) is 6.54 Å². The van der Waals surface area contributed by atoms with Crippen LogP contribution in [0.15, 0.2) is 54.5 Å². The summed E-state index contributed by atoms with van der Waals surface area (Å²) in [6.07, 6.45) is 5.66. The van der Waals surface area contributed by atoms with Gasteiger partial charge >= 0.3 is 0 Å². The predicted octanol–water partition coefficient (Wildman–Crippen LogP) is 4.19. The molecule has 0 fully saturated rings. The van der Waals surface area contributed by atoms with E-state index in [4.69, 9.17) is 4.74 Å². The number of aryl methyl sites for hydroxylation is 1. The van der Waals surface area contributed by atoms with Crippen molar-refractivity contribution in [1.82, 2.24) is 16.0 Å². The molecule has 1 aliphatic heterocycles. The summed E-state index contributed by atoms with van der Waals surface area (Å²) >= 11 is 0. The maximum absolute atomic E-state index is 12.9. The van der Waals surface area contributed by atoms with Crippen molar-refractivity contribution in [2.45, 2.75) is 65.5 Å². The van der Waals surface area contributed by atoms with E-state index in [2.05, 4.69) is 43.0 Å². The second kappa shape index (κ2) is 11.4. The monoisotopic (exact) mass is 425 g/mol. The predicted molar refractivity (Wildman–Crippen MR) is 124 cm³/mol. The van der Waals surface area contributed by atoms with Gasteiger partial charge in [0.05, 0.1) is 18.2 Å². The van der Waals surface area contributed by atoms with Crippen LogP contribution in [-0.4, -0.2) is 24.4 Å². The summed E-state index contributed by atoms with van der Waals surface area (Å²) in [6.45, 7) is 15.6. The standard InChI is InChI=1S/C25H35N3O3/c1-7-11-19(12-8-2)28-21-15-26-25(30)22(21)23(27-18(6)29)20-14-10-13-16(4)24(20)31-17(5)9-3/h9-10,13-14,19,23,28H,3,5,7-8,11-12,15H2,1-2,4,6H3,(H,26,30)(H,27,29). The summed E-state index contributed by atoms with van der Waals surface area (Å²) in [5.74, 6) is 0.538. The normalized spacial score (nSPS) is 14.3. The Kier molecular flexibility index (Phi) is 8.91. The highest BCUT2D eigenvalue weighted by Gasteiger charge is 2.34. The van der Waals surface area contributed by atoms with E-state index in [1.165, 1.54) is 13.0 Å². The van der Waals surface area contributed by atoms with Crippen LogP contribution in [0.5, 0.6) is 5.75 Å². The van der Waals surface area contributed by atoms with E-state index in [1.807, 2.05) is 25.1 Å². The molecule has 6 heteroatoms. The summed E-state index contributed by atoms with van der Waals surface area (Å²) < 4.78 is 5.94. The average molecular weight is 426 g/mol. The fourth-order valence-corrected chi connectivity index (χ4v) is 3.89. The smallest absolute Gasteiger partial charge is 0.251 e. The van der Waals surface area contributed by atoms with Gasteiger partial charge in [0.2, 0.25) is 5.91 Å². The molecular formula is C25H35N3O3. The first-order valence-electron chi connectivity index (χ1n) is 11.0. The number of benzene rings is 1. The van der Waals surface area contributed by atoms with E-state index in [9.17, 15) is 9.59 Å². The zero-order valence-electron chi connectivity index (χ0n) is 19.1. The minimum Gasteiger partial charge on any atom is -0.457 e. The Bertz CT molecular complexity index is 867. The first-order valence-corrected chi connectivity index (χ1v) is 11.0. The van der Waals surface area contributed by atoms with Gasteiger partial charge in [0.1, 0.15) is 11.5 Å². The van der Waals surface area contributed by atoms with Crippen molar-refractivity contribution in [3.63, 3.8) is 0 Å². The second-order valence-corrected chi connectivity index (χ2v) is 7.89. The third kappa shape index (κ3) is 6.23. The van der Waals surface area contributed by atoms with E-state index >= 15 is 0 Å². The molecule has 0 aromatic heterocycles. The fraction of sp³-hybridized carbons (Fsp3) is 0.440. The molecule has 2 amide bonds. The summed E-state index contributed by atoms with van der Waals surface area (Å²) in [6, 6.07) is 5.30. The van der Waals surface area contributed by atoms with Gasteiger partial charge in [-0.05, 0) is 31.4 Å². The zero-order chi connectivity index (χ0) is 23.0. The lowest BCUT2D eigenvalue weighted by molar-refractivity contribution is -0.119. The Hall–Kier alpha value is -3.02. The molecule has 1 atom stereocenters. The first kappa shape index (κ1) is 24.3. The number of ether oxygens (including phenoxy) is 1. The minimum absolute atomic E-state index is 0.192. The van der Waals surface area contributed by atoms with Crippen LogP contribution in [-0.2, 0) is 9.59 Å². The van der Waals surface area contributed by atoms with Crippen molar-refractivity contribution >= 4 is 11.8 Å². The van der Waals surface area contributed by atoms with Gasteiger partial charge in [-0.3, -0.25) is 9.59 Å². The summed E-state index contributed by atoms with van der Waals surface area (Å²) in [4.78, 5) is 25.1. The molecular weight excluding hydrogens is 390 g/mol. The van der Waals surface area contributed by atoms with Gasteiger partial charge in [-0.1, -0.05) is 58.0 Å². The molecule has 168 valence electrons. The summed E-state index contributed by atoms with van der Waals surface area (Å²) in [5.41, 5.74) is 2.92. The Morgan fingerprint density at radius 2 is 1.97 bits per heavy atom. The molecule has 0 saturated heterocycles. The first-order chi connectivity index (χ1) is 14.8. The number of para-hydroxylation sites is 1. The third-order valence-electron chi connectivity index (χ3n) is 5.30. The lowest BCUT2D eigenvalue weighted by Gasteiger charge is -2.25. The number of amides is 2. The van der Waals surface area contributed by atoms with E-state index in [-0.39, 0.29) is 17.9 Å². The average Bonchev–Trinajstić information content (AvgIpc) is 3.07. The molecule has 1 aromatic rings. The highest BCUT2D eigenvalue weighted by atomic mass is 16.5. The number of hydrogen-bond donors (Lipinski definition) is 3. The van der Waals surface area contributed by atoms with Crippen LogP contribution in [0.4, 0.5) is 0 Å². The largest absolute Gasteiger partial charge is 0.457 e. The molecule has 0 spiro atoms. The Balaban J connectivity index is 2.57. The number of carbonyl (C=O) groups excluding carboxylic acids is 2. The number of allylic oxidation sites excluding steroid dienone is 1. The van der Waals surface area contributed by atoms with Crippen LogP contribution in [0.3, 0.4) is 0 Å². The Labute approximate surface area is 185 Å². The Morgan fingerprint density at radius 3 is 2.55 bits per heavy atom. The number of carbonyl (C=O) groups is 2. The second-order valence-electron chi connectivity index (χ2n) is 7.89. The van der Waals surface area contributed by atoms with Crippen LogP contribution in [0.2, 0.25) is 0 Å². The van der Waals surface area contributed by atoms with Crippen LogP contribution in [0.1, 0.15) is 63.6 Å². The summed E-state index contributed by atoms with van der Waals surface area (Å²) in [7, 11) is 0. The maximum Gasteiger partial charge on any atom is 0.251 e. The summed E-state index contributed by atoms with van der Waals surface area (Å²) in [5, 5.41) is 9.46. The van der Waals surface area contributed by atoms with Crippen LogP contribution in [0.25, 0.3) is 0 Å². The van der Waals surface area contributed by atoms with Crippen LogP contribution >= 0.6 is 0 Å². The van der Waals surface area contributed by atoms with Crippen LogP contribution in [0, 0.1) is 6.92 Å². The molecule has 6 nitrogen and oxygen atoms in total. The third-order valence-corrected chi connectivity index (χ3v) is 5.30. The quantitative estimate of drug-likeness (QED) is 0.346. The lowest BCUT2D eigenvalue weighted by atomic mass is 9.94. The molecule has 0 radical (unpaired) electrons. The molecule has 1 heterocycles. The zero-order valence-corrected chi connectivity index (χ0v) is 19.1. The van der Waals surface area contributed by atoms with Crippen molar-refractivity contribution in [2.24, 2.45) is 0 Å². The molecule has 3 N–H and O–H groups in total. The van der Waals surface area contributed by atoms with Crippen molar-refractivity contribution < 1.29 is 14.3 Å². The number of rotatable bonds is 12. The van der Waals surface area contributed by atoms with Gasteiger partial charge in [0.25, 0.3) is 5.91 Å². The van der Waals surface area contributed by atoms with Crippen molar-refractivity contribution in [3.05, 3.63) is 65.6 Å². The molecule has 0 bridgehead atoms. The molecule has 0 saturated carbocycles. The molecule has 2 rings (SSSR count). The van der Waals surface area contributed by atoms with Gasteiger partial charge in [-0.25, -0.2) is 0 Å². The highest BCUT2D eigenvalue weighted by molar-refractivity contribution is 5.99. The Morgan fingerprint density at radius 1 is 1.29 bits per heavy atom. The fourth-order valence-electron chi connectivity index (χ4n) is 3.89. The SMILES string of the molecule is C=CC(=C)Oc1c(C)cccc1C(NC(C)=O)C1=C(NC(CCC)CCC)CNC1=O. The van der Waals surface area contributed by atoms with E-state index in [0.717, 1.165) is 36.9 Å². The molecule has 1 unspecified atom stereocenters. The molecule has 1 aromatic carbocycles. The van der Waals surface area contributed by atoms with E-state index < -0.39 is 6.04 Å². The number of hydrogen-bond acceptors (Lipinski definition) is 4. The highest BCUT2D eigenvalue weighted by Crippen LogP contribution is 2.36.